The van der Waals surface area contributed by atoms with Crippen molar-refractivity contribution >= 4 is 12.1 Å². The highest BCUT2D eigenvalue weighted by Gasteiger charge is 2.42. The van der Waals surface area contributed by atoms with Crippen LogP contribution in [0.1, 0.15) is 73.3 Å². The van der Waals surface area contributed by atoms with Crippen LogP contribution in [0.2, 0.25) is 0 Å². The third-order valence-electron chi connectivity index (χ3n) is 6.95. The molecule has 0 aliphatic carbocycles. The Labute approximate surface area is 229 Å². The summed E-state index contributed by atoms with van der Waals surface area (Å²) >= 11 is 0. The second kappa shape index (κ2) is 14.6. The number of hydrogen-bond donors (Lipinski definition) is 1. The van der Waals surface area contributed by atoms with E-state index in [1.165, 1.54) is 0 Å². The molecule has 1 amide bonds. The molecule has 2 rings (SSSR count). The smallest absolute Gasteiger partial charge is 0.408 e. The first-order valence-corrected chi connectivity index (χ1v) is 13.8. The van der Waals surface area contributed by atoms with Gasteiger partial charge >= 0.3 is 12.1 Å². The highest BCUT2D eigenvalue weighted by molar-refractivity contribution is 5.75. The highest BCUT2D eigenvalue weighted by atomic mass is 16.6. The molecule has 4 atom stereocenters. The van der Waals surface area contributed by atoms with Crippen LogP contribution in [0.4, 0.5) is 4.79 Å². The molecule has 216 valence electrons. The average Bonchev–Trinajstić information content (AvgIpc) is 3.21. The molecule has 0 unspecified atom stereocenters. The van der Waals surface area contributed by atoms with E-state index in [1.54, 1.807) is 14.2 Å². The van der Waals surface area contributed by atoms with Crippen molar-refractivity contribution < 1.29 is 33.3 Å². The maximum Gasteiger partial charge on any atom is 0.408 e. The van der Waals surface area contributed by atoms with E-state index in [2.05, 4.69) is 19.2 Å². The van der Waals surface area contributed by atoms with E-state index in [4.69, 9.17) is 23.7 Å². The molecule has 0 saturated carbocycles. The fourth-order valence-corrected chi connectivity index (χ4v) is 4.75. The van der Waals surface area contributed by atoms with Crippen molar-refractivity contribution in [1.29, 1.82) is 0 Å². The van der Waals surface area contributed by atoms with E-state index in [0.29, 0.717) is 32.0 Å². The van der Waals surface area contributed by atoms with Crippen LogP contribution in [-0.2, 0) is 25.4 Å². The maximum absolute atomic E-state index is 12.8. The molecule has 1 aromatic carbocycles. The molecule has 38 heavy (non-hydrogen) atoms. The van der Waals surface area contributed by atoms with E-state index in [9.17, 15) is 9.59 Å². The van der Waals surface area contributed by atoms with Gasteiger partial charge in [-0.3, -0.25) is 4.79 Å². The number of esters is 1. The predicted octanol–water partition coefficient (Wildman–Crippen LogP) is 5.80. The number of methoxy groups -OCH3 is 2. The van der Waals surface area contributed by atoms with Crippen molar-refractivity contribution in [2.45, 2.75) is 91.9 Å². The SMILES string of the molecule is COCCCOc1cc(C[C@H](C[C@H](NC(=O)OC(C)(C)C)[C@@H]2C[C@@H](C(C)C)C(=O)O2)C(C)C)cc(OC)c1. The summed E-state index contributed by atoms with van der Waals surface area (Å²) in [6.07, 6.45) is 1.88. The van der Waals surface area contributed by atoms with Crippen molar-refractivity contribution in [1.82, 2.24) is 5.32 Å². The third kappa shape index (κ3) is 10.4. The lowest BCUT2D eigenvalue weighted by Crippen LogP contribution is -2.47. The van der Waals surface area contributed by atoms with Gasteiger partial charge in [-0.2, -0.15) is 0 Å². The average molecular weight is 536 g/mol. The number of nitrogens with one attached hydrogen (secondary N) is 1. The molecule has 8 nitrogen and oxygen atoms in total. The van der Waals surface area contributed by atoms with Crippen molar-refractivity contribution in [3.05, 3.63) is 23.8 Å². The fourth-order valence-electron chi connectivity index (χ4n) is 4.75. The minimum absolute atomic E-state index is 0.170. The number of amides is 1. The van der Waals surface area contributed by atoms with Crippen LogP contribution in [0.15, 0.2) is 18.2 Å². The van der Waals surface area contributed by atoms with E-state index >= 15 is 0 Å². The van der Waals surface area contributed by atoms with Crippen molar-refractivity contribution in [2.75, 3.05) is 27.4 Å². The summed E-state index contributed by atoms with van der Waals surface area (Å²) in [7, 11) is 3.32. The molecule has 0 bridgehead atoms. The first-order chi connectivity index (χ1) is 17.8. The van der Waals surface area contributed by atoms with Gasteiger partial charge in [0.2, 0.25) is 0 Å². The van der Waals surface area contributed by atoms with Crippen LogP contribution in [0.5, 0.6) is 11.5 Å². The second-order valence-corrected chi connectivity index (χ2v) is 12.0. The fraction of sp³-hybridized carbons (Fsp3) is 0.733. The molecule has 1 heterocycles. The van der Waals surface area contributed by atoms with Gasteiger partial charge < -0.3 is 29.0 Å². The van der Waals surface area contributed by atoms with Crippen LogP contribution >= 0.6 is 0 Å². The number of carbonyl (C=O) groups is 2. The maximum atomic E-state index is 12.8. The van der Waals surface area contributed by atoms with Crippen LogP contribution in [0.3, 0.4) is 0 Å². The second-order valence-electron chi connectivity index (χ2n) is 12.0. The van der Waals surface area contributed by atoms with Gasteiger partial charge in [0.1, 0.15) is 23.2 Å². The quantitative estimate of drug-likeness (QED) is 0.238. The van der Waals surface area contributed by atoms with Crippen LogP contribution < -0.4 is 14.8 Å². The summed E-state index contributed by atoms with van der Waals surface area (Å²) < 4.78 is 28.0. The van der Waals surface area contributed by atoms with Crippen LogP contribution in [0, 0.1) is 23.7 Å². The molecule has 1 aliphatic heterocycles. The summed E-state index contributed by atoms with van der Waals surface area (Å²) in [5.74, 6) is 1.82. The van der Waals surface area contributed by atoms with E-state index < -0.39 is 17.8 Å². The van der Waals surface area contributed by atoms with Gasteiger partial charge in [0.05, 0.1) is 25.7 Å². The number of rotatable bonds is 14. The Hall–Kier alpha value is -2.48. The van der Waals surface area contributed by atoms with Crippen LogP contribution in [0.25, 0.3) is 0 Å². The Morgan fingerprint density at radius 3 is 2.32 bits per heavy atom. The lowest BCUT2D eigenvalue weighted by Gasteiger charge is -2.31. The van der Waals surface area contributed by atoms with Gasteiger partial charge in [-0.05, 0) is 75.5 Å². The summed E-state index contributed by atoms with van der Waals surface area (Å²) in [6, 6.07) is 5.60. The lowest BCUT2D eigenvalue weighted by molar-refractivity contribution is -0.146. The molecule has 8 heteroatoms. The minimum Gasteiger partial charge on any atom is -0.497 e. The zero-order chi connectivity index (χ0) is 28.5. The Morgan fingerprint density at radius 2 is 1.76 bits per heavy atom. The van der Waals surface area contributed by atoms with Gasteiger partial charge in [0.25, 0.3) is 0 Å². The zero-order valence-electron chi connectivity index (χ0n) is 24.8. The Balaban J connectivity index is 2.24. The number of hydrogen-bond acceptors (Lipinski definition) is 7. The van der Waals surface area contributed by atoms with Gasteiger partial charge in [-0.15, -0.1) is 0 Å². The third-order valence-corrected chi connectivity index (χ3v) is 6.95. The Kier molecular flexibility index (Phi) is 12.2. The molecule has 1 saturated heterocycles. The molecular formula is C30H49NO7. The number of alkyl carbamates (subject to hydrolysis) is 1. The first kappa shape index (κ1) is 31.7. The minimum atomic E-state index is -0.626. The van der Waals surface area contributed by atoms with Gasteiger partial charge in [-0.25, -0.2) is 4.79 Å². The largest absolute Gasteiger partial charge is 0.497 e. The normalized spacial score (nSPS) is 19.3. The van der Waals surface area contributed by atoms with E-state index in [-0.39, 0.29) is 29.8 Å². The number of cyclic esters (lactones) is 1. The van der Waals surface area contributed by atoms with E-state index in [1.807, 2.05) is 52.8 Å². The number of carbonyl (C=O) groups excluding carboxylic acids is 2. The highest BCUT2D eigenvalue weighted by Crippen LogP contribution is 2.34. The van der Waals surface area contributed by atoms with Crippen molar-refractivity contribution in [2.24, 2.45) is 23.7 Å². The molecule has 1 fully saturated rings. The molecule has 0 aromatic heterocycles. The van der Waals surface area contributed by atoms with Gasteiger partial charge in [0.15, 0.2) is 0 Å². The van der Waals surface area contributed by atoms with E-state index in [0.717, 1.165) is 29.9 Å². The van der Waals surface area contributed by atoms with Crippen LogP contribution in [-0.4, -0.2) is 57.2 Å². The number of benzene rings is 1. The van der Waals surface area contributed by atoms with Crippen molar-refractivity contribution in [3.63, 3.8) is 0 Å². The zero-order valence-corrected chi connectivity index (χ0v) is 24.8. The molecule has 1 N–H and O–H groups in total. The standard InChI is InChI=1S/C30H49NO7/c1-19(2)22(13-21-14-23(35-9)17-24(15-21)36-12-10-11-34-8)16-26(31-29(33)38-30(5,6)7)27-18-25(20(3)4)28(32)37-27/h14-15,17,19-20,22,25-27H,10-13,16,18H2,1-9H3,(H,31,33)/t22-,25+,26+,27+/m1/s1. The summed E-state index contributed by atoms with van der Waals surface area (Å²) in [5, 5.41) is 3.04. The number of ether oxygens (including phenoxy) is 5. The Bertz CT molecular complexity index is 893. The lowest BCUT2D eigenvalue weighted by atomic mass is 9.81. The van der Waals surface area contributed by atoms with Gasteiger partial charge in [0, 0.05) is 26.2 Å². The Morgan fingerprint density at radius 1 is 1.08 bits per heavy atom. The molecule has 1 aromatic rings. The summed E-state index contributed by atoms with van der Waals surface area (Å²) in [4.78, 5) is 25.4. The van der Waals surface area contributed by atoms with Gasteiger partial charge in [-0.1, -0.05) is 27.7 Å². The summed E-state index contributed by atoms with van der Waals surface area (Å²) in [6.45, 7) is 15.1. The predicted molar refractivity (Wildman–Crippen MR) is 148 cm³/mol. The topological polar surface area (TPSA) is 92.3 Å². The first-order valence-electron chi connectivity index (χ1n) is 13.8. The molecular weight excluding hydrogens is 486 g/mol. The monoisotopic (exact) mass is 535 g/mol. The molecule has 1 aliphatic rings. The molecule has 0 radical (unpaired) electrons. The summed E-state index contributed by atoms with van der Waals surface area (Å²) in [5.41, 5.74) is 0.461. The van der Waals surface area contributed by atoms with Crippen molar-refractivity contribution in [3.8, 4) is 11.5 Å². The molecule has 0 spiro atoms.